The summed E-state index contributed by atoms with van der Waals surface area (Å²) in [6.07, 6.45) is 0. The van der Waals surface area contributed by atoms with Gasteiger partial charge in [-0.25, -0.2) is 0 Å². The first-order chi connectivity index (χ1) is 29.4. The molecule has 0 aliphatic carbocycles. The molecule has 0 aliphatic rings. The molecule has 55 heavy (non-hydrogen) atoms. The van der Waals surface area contributed by atoms with E-state index in [2.05, 4.69) is 127 Å². The highest BCUT2D eigenvalue weighted by Crippen LogP contribution is 2.48. The van der Waals surface area contributed by atoms with Gasteiger partial charge in [0, 0.05) is 16.3 Å². The van der Waals surface area contributed by atoms with E-state index >= 15 is 0 Å². The number of hydrogen-bond acceptors (Lipinski definition) is 1. The van der Waals surface area contributed by atoms with Crippen LogP contribution in [0, 0.1) is 0 Å². The Labute approximate surface area is 326 Å². The maximum Gasteiger partial charge on any atom is 0.143 e. The third kappa shape index (κ3) is 5.09. The zero-order valence-corrected chi connectivity index (χ0v) is 29.7. The van der Waals surface area contributed by atoms with Crippen molar-refractivity contribution in [2.24, 2.45) is 0 Å². The molecule has 11 rings (SSSR count). The zero-order valence-electron chi connectivity index (χ0n) is 34.7. The monoisotopic (exact) mass is 703 g/mol. The minimum absolute atomic E-state index is 0.177. The topological polar surface area (TPSA) is 13.1 Å². The fourth-order valence-electron chi connectivity index (χ4n) is 8.51. The molecule has 0 saturated carbocycles. The minimum atomic E-state index is -0.417. The van der Waals surface area contributed by atoms with E-state index in [9.17, 15) is 2.74 Å². The molecular weight excluding hydrogens is 665 g/mol. The molecule has 11 aromatic rings. The van der Waals surface area contributed by atoms with Gasteiger partial charge in [-0.15, -0.1) is 0 Å². The molecule has 0 unspecified atom stereocenters. The van der Waals surface area contributed by atoms with Crippen molar-refractivity contribution < 1.29 is 11.3 Å². The SMILES string of the molecule is [2H]c1c([2H])c([2H])c(-c2c3ccccc3c(-c3cccc4oc5c(-c6ccccc6)cccc5c34)c3ccc(-c4ccc(-c5cccc6ccccc56)cc4)cc23)c([2H])c1[2H]. The highest BCUT2D eigenvalue weighted by Gasteiger charge is 2.22. The quantitative estimate of drug-likeness (QED) is 0.163. The lowest BCUT2D eigenvalue weighted by Gasteiger charge is -2.19. The van der Waals surface area contributed by atoms with Gasteiger partial charge in [0.05, 0.1) is 6.85 Å². The van der Waals surface area contributed by atoms with Crippen LogP contribution >= 0.6 is 0 Å². The van der Waals surface area contributed by atoms with Crippen molar-refractivity contribution in [2.75, 3.05) is 0 Å². The fraction of sp³-hybridized carbons (Fsp3) is 0. The van der Waals surface area contributed by atoms with Crippen molar-refractivity contribution in [1.29, 1.82) is 0 Å². The molecule has 0 amide bonds. The predicted molar refractivity (Wildman–Crippen MR) is 233 cm³/mol. The van der Waals surface area contributed by atoms with Crippen LogP contribution in [-0.4, -0.2) is 0 Å². The lowest BCUT2D eigenvalue weighted by atomic mass is 9.84. The van der Waals surface area contributed by atoms with Crippen LogP contribution in [0.2, 0.25) is 0 Å². The van der Waals surface area contributed by atoms with E-state index in [1.165, 1.54) is 10.8 Å². The molecule has 0 fully saturated rings. The van der Waals surface area contributed by atoms with Crippen molar-refractivity contribution in [3.63, 3.8) is 0 Å². The molecule has 1 heteroatoms. The van der Waals surface area contributed by atoms with Crippen LogP contribution in [0.5, 0.6) is 0 Å². The normalized spacial score (nSPS) is 12.9. The summed E-state index contributed by atoms with van der Waals surface area (Å²) >= 11 is 0. The summed E-state index contributed by atoms with van der Waals surface area (Å²) in [6.45, 7) is 0. The Morgan fingerprint density at radius 1 is 0.345 bits per heavy atom. The Kier molecular flexibility index (Phi) is 6.14. The highest BCUT2D eigenvalue weighted by atomic mass is 16.3. The molecule has 10 aromatic carbocycles. The molecule has 0 radical (unpaired) electrons. The second-order valence-corrected chi connectivity index (χ2v) is 14.0. The van der Waals surface area contributed by atoms with Crippen LogP contribution in [0.25, 0.3) is 110 Å². The Bertz CT molecular complexity index is 3500. The van der Waals surface area contributed by atoms with Crippen LogP contribution in [0.15, 0.2) is 211 Å². The van der Waals surface area contributed by atoms with E-state index < -0.39 is 6.04 Å². The number of rotatable bonds is 5. The first-order valence-electron chi connectivity index (χ1n) is 21.0. The Morgan fingerprint density at radius 2 is 0.927 bits per heavy atom. The maximum absolute atomic E-state index is 9.20. The largest absolute Gasteiger partial charge is 0.455 e. The van der Waals surface area contributed by atoms with E-state index in [1.54, 1.807) is 0 Å². The van der Waals surface area contributed by atoms with Gasteiger partial charge >= 0.3 is 0 Å². The van der Waals surface area contributed by atoms with Gasteiger partial charge in [-0.2, -0.15) is 0 Å². The molecule has 0 spiro atoms. The molecule has 256 valence electrons. The molecule has 0 aliphatic heterocycles. The Balaban J connectivity index is 1.21. The highest BCUT2D eigenvalue weighted by molar-refractivity contribution is 6.26. The fourth-order valence-corrected chi connectivity index (χ4v) is 8.51. The number of furan rings is 1. The summed E-state index contributed by atoms with van der Waals surface area (Å²) in [4.78, 5) is 0. The van der Waals surface area contributed by atoms with E-state index in [0.717, 1.165) is 88.0 Å². The molecule has 0 atom stereocenters. The molecular formula is C54H34O. The van der Waals surface area contributed by atoms with E-state index in [1.807, 2.05) is 48.5 Å². The summed E-state index contributed by atoms with van der Waals surface area (Å²) in [5.74, 6) is 0. The second kappa shape index (κ2) is 12.7. The smallest absolute Gasteiger partial charge is 0.143 e. The number of para-hydroxylation sites is 1. The molecule has 1 nitrogen and oxygen atoms in total. The van der Waals surface area contributed by atoms with Gasteiger partial charge in [-0.1, -0.05) is 194 Å². The first-order valence-corrected chi connectivity index (χ1v) is 18.5. The number of fused-ring (bicyclic) bond motifs is 6. The van der Waals surface area contributed by atoms with Gasteiger partial charge in [-0.05, 0) is 94.5 Å². The average Bonchev–Trinajstić information content (AvgIpc) is 3.70. The van der Waals surface area contributed by atoms with E-state index in [0.29, 0.717) is 5.56 Å². The van der Waals surface area contributed by atoms with Gasteiger partial charge in [0.25, 0.3) is 0 Å². The van der Waals surface area contributed by atoms with E-state index in [-0.39, 0.29) is 29.7 Å². The lowest BCUT2D eigenvalue weighted by Crippen LogP contribution is -1.92. The Morgan fingerprint density at radius 3 is 1.76 bits per heavy atom. The van der Waals surface area contributed by atoms with E-state index in [4.69, 9.17) is 8.53 Å². The van der Waals surface area contributed by atoms with Gasteiger partial charge in [0.1, 0.15) is 11.2 Å². The Hall–Kier alpha value is -7.22. The summed E-state index contributed by atoms with van der Waals surface area (Å²) in [7, 11) is 0. The molecule has 0 bridgehead atoms. The second-order valence-electron chi connectivity index (χ2n) is 14.0. The molecule has 0 saturated heterocycles. The van der Waals surface area contributed by atoms with Crippen molar-refractivity contribution >= 4 is 54.3 Å². The van der Waals surface area contributed by atoms with Gasteiger partial charge in [0.2, 0.25) is 0 Å². The van der Waals surface area contributed by atoms with Gasteiger partial charge < -0.3 is 4.42 Å². The number of benzene rings is 10. The van der Waals surface area contributed by atoms with Crippen LogP contribution < -0.4 is 0 Å². The zero-order chi connectivity index (χ0) is 40.6. The van der Waals surface area contributed by atoms with Gasteiger partial charge in [0.15, 0.2) is 0 Å². The maximum atomic E-state index is 9.20. The summed E-state index contributed by atoms with van der Waals surface area (Å²) in [6, 6.07) is 58.8. The van der Waals surface area contributed by atoms with Gasteiger partial charge in [-0.3, -0.25) is 0 Å². The summed E-state index contributed by atoms with van der Waals surface area (Å²) in [5, 5.41) is 7.74. The summed E-state index contributed by atoms with van der Waals surface area (Å²) in [5.41, 5.74) is 10.6. The van der Waals surface area contributed by atoms with Crippen LogP contribution in [0.1, 0.15) is 6.85 Å². The third-order valence-corrected chi connectivity index (χ3v) is 11.0. The average molecular weight is 704 g/mol. The molecule has 1 aromatic heterocycles. The number of hydrogen-bond donors (Lipinski definition) is 0. The van der Waals surface area contributed by atoms with Crippen molar-refractivity contribution in [1.82, 2.24) is 0 Å². The van der Waals surface area contributed by atoms with Crippen LogP contribution in [0.3, 0.4) is 0 Å². The lowest BCUT2D eigenvalue weighted by molar-refractivity contribution is 0.670. The molecule has 1 heterocycles. The summed E-state index contributed by atoms with van der Waals surface area (Å²) < 4.78 is 51.0. The van der Waals surface area contributed by atoms with Crippen molar-refractivity contribution in [2.45, 2.75) is 0 Å². The van der Waals surface area contributed by atoms with Crippen molar-refractivity contribution in [3.8, 4) is 55.6 Å². The van der Waals surface area contributed by atoms with Crippen LogP contribution in [-0.2, 0) is 0 Å². The third-order valence-electron chi connectivity index (χ3n) is 11.0. The minimum Gasteiger partial charge on any atom is -0.455 e. The van der Waals surface area contributed by atoms with Crippen LogP contribution in [0.4, 0.5) is 0 Å². The first kappa shape index (κ1) is 26.5. The van der Waals surface area contributed by atoms with Crippen molar-refractivity contribution in [3.05, 3.63) is 206 Å². The standard InChI is InChI=1S/C54H34O/c1-3-14-37(15-4-1)43-24-12-26-48-53-47(25-13-27-50(53)55-54(43)48)52-45-22-10-9-21-44(45)51(39-17-5-2-6-18-39)49-34-40(32-33-46(49)52)35-28-30-38(31-29-35)42-23-11-19-36-16-7-8-20-41(36)42/h1-34H/i2D,5D,6D,17D,18D. The molecule has 0 N–H and O–H groups in total. The predicted octanol–water partition coefficient (Wildman–Crippen LogP) is 15.4.